The lowest BCUT2D eigenvalue weighted by molar-refractivity contribution is -0.116. The van der Waals surface area contributed by atoms with Gasteiger partial charge in [0.2, 0.25) is 5.91 Å². The summed E-state index contributed by atoms with van der Waals surface area (Å²) in [5.41, 5.74) is 1.98. The Bertz CT molecular complexity index is 762. The van der Waals surface area contributed by atoms with Crippen molar-refractivity contribution >= 4 is 34.7 Å². The van der Waals surface area contributed by atoms with Crippen molar-refractivity contribution in [2.45, 2.75) is 6.54 Å². The summed E-state index contributed by atoms with van der Waals surface area (Å²) in [5, 5.41) is 6.90. The number of nitrogens with one attached hydrogen (secondary N) is 1. The van der Waals surface area contributed by atoms with Crippen LogP contribution < -0.4 is 5.32 Å². The second-order valence-electron chi connectivity index (χ2n) is 4.59. The first kappa shape index (κ1) is 14.7. The molecule has 0 unspecified atom stereocenters. The highest BCUT2D eigenvalue weighted by atomic mass is 32.1. The Hall–Kier alpha value is -2.24. The van der Waals surface area contributed by atoms with Crippen molar-refractivity contribution < 1.29 is 4.79 Å². The molecule has 0 radical (unpaired) electrons. The van der Waals surface area contributed by atoms with Crippen LogP contribution in [-0.4, -0.2) is 10.9 Å². The molecule has 0 saturated carbocycles. The molecular weight excluding hydrogens is 312 g/mol. The molecule has 3 aromatic rings. The highest BCUT2D eigenvalue weighted by Crippen LogP contribution is 2.22. The van der Waals surface area contributed by atoms with Crippen molar-refractivity contribution in [3.8, 4) is 10.6 Å². The van der Waals surface area contributed by atoms with Crippen molar-refractivity contribution in [3.05, 3.63) is 69.9 Å². The second-order valence-corrected chi connectivity index (χ2v) is 6.52. The summed E-state index contributed by atoms with van der Waals surface area (Å²) in [6.07, 6.45) is 5.16. The first-order chi connectivity index (χ1) is 10.8. The molecule has 0 aliphatic carbocycles. The zero-order valence-corrected chi connectivity index (χ0v) is 13.4. The van der Waals surface area contributed by atoms with Crippen molar-refractivity contribution in [1.29, 1.82) is 0 Å². The molecule has 110 valence electrons. The second kappa shape index (κ2) is 7.15. The van der Waals surface area contributed by atoms with E-state index in [9.17, 15) is 4.79 Å². The number of hydrogen-bond acceptors (Lipinski definition) is 4. The van der Waals surface area contributed by atoms with Gasteiger partial charge in [0, 0.05) is 23.7 Å². The Morgan fingerprint density at radius 1 is 1.18 bits per heavy atom. The smallest absolute Gasteiger partial charge is 0.244 e. The zero-order valence-electron chi connectivity index (χ0n) is 11.7. The molecule has 3 rings (SSSR count). The largest absolute Gasteiger partial charge is 0.348 e. The normalized spacial score (nSPS) is 10.9. The van der Waals surface area contributed by atoms with E-state index in [1.807, 2.05) is 53.2 Å². The SMILES string of the molecule is O=C(/C=C/c1cccs1)NCc1ccnc(-c2cccs2)c1. The van der Waals surface area contributed by atoms with Gasteiger partial charge < -0.3 is 5.32 Å². The molecule has 0 spiro atoms. The third-order valence-electron chi connectivity index (χ3n) is 3.01. The third-order valence-corrected chi connectivity index (χ3v) is 4.74. The van der Waals surface area contributed by atoms with Crippen LogP contribution in [0.2, 0.25) is 0 Å². The van der Waals surface area contributed by atoms with Gasteiger partial charge in [-0.1, -0.05) is 12.1 Å². The molecule has 0 aromatic carbocycles. The molecule has 0 saturated heterocycles. The summed E-state index contributed by atoms with van der Waals surface area (Å²) >= 11 is 3.26. The van der Waals surface area contributed by atoms with Crippen molar-refractivity contribution in [1.82, 2.24) is 10.3 Å². The van der Waals surface area contributed by atoms with Crippen LogP contribution in [0.3, 0.4) is 0 Å². The number of hydrogen-bond donors (Lipinski definition) is 1. The highest BCUT2D eigenvalue weighted by Gasteiger charge is 2.03. The predicted octanol–water partition coefficient (Wildman–Crippen LogP) is 4.20. The number of amides is 1. The average molecular weight is 326 g/mol. The Morgan fingerprint density at radius 2 is 2.05 bits per heavy atom. The average Bonchev–Trinajstić information content (AvgIpc) is 3.24. The van der Waals surface area contributed by atoms with Crippen molar-refractivity contribution in [3.63, 3.8) is 0 Å². The summed E-state index contributed by atoms with van der Waals surface area (Å²) in [4.78, 5) is 18.4. The van der Waals surface area contributed by atoms with Crippen LogP contribution in [0.15, 0.2) is 59.4 Å². The number of aromatic nitrogens is 1. The molecule has 22 heavy (non-hydrogen) atoms. The maximum absolute atomic E-state index is 11.8. The van der Waals surface area contributed by atoms with E-state index in [-0.39, 0.29) is 5.91 Å². The Morgan fingerprint density at radius 3 is 2.82 bits per heavy atom. The van der Waals surface area contributed by atoms with E-state index in [4.69, 9.17) is 0 Å². The van der Waals surface area contributed by atoms with E-state index in [1.54, 1.807) is 34.9 Å². The fourth-order valence-corrected chi connectivity index (χ4v) is 3.25. The van der Waals surface area contributed by atoms with E-state index in [2.05, 4.69) is 10.3 Å². The van der Waals surface area contributed by atoms with Crippen LogP contribution in [0, 0.1) is 0 Å². The fraction of sp³-hybridized carbons (Fsp3) is 0.0588. The summed E-state index contributed by atoms with van der Waals surface area (Å²) in [7, 11) is 0. The predicted molar refractivity (Wildman–Crippen MR) is 92.7 cm³/mol. The topological polar surface area (TPSA) is 42.0 Å². The number of thiophene rings is 2. The van der Waals surface area contributed by atoms with Crippen LogP contribution in [0.5, 0.6) is 0 Å². The van der Waals surface area contributed by atoms with E-state index < -0.39 is 0 Å². The van der Waals surface area contributed by atoms with Gasteiger partial charge in [-0.2, -0.15) is 0 Å². The van der Waals surface area contributed by atoms with E-state index >= 15 is 0 Å². The number of carbonyl (C=O) groups excluding carboxylic acids is 1. The van der Waals surface area contributed by atoms with Gasteiger partial charge >= 0.3 is 0 Å². The van der Waals surface area contributed by atoms with Crippen LogP contribution >= 0.6 is 22.7 Å². The zero-order chi connectivity index (χ0) is 15.2. The molecule has 5 heteroatoms. The first-order valence-electron chi connectivity index (χ1n) is 6.79. The molecule has 1 amide bonds. The van der Waals surface area contributed by atoms with Gasteiger partial charge in [-0.3, -0.25) is 9.78 Å². The van der Waals surface area contributed by atoms with Crippen LogP contribution in [0.4, 0.5) is 0 Å². The molecule has 3 nitrogen and oxygen atoms in total. The number of carbonyl (C=O) groups is 1. The number of nitrogens with zero attached hydrogens (tertiary/aromatic N) is 1. The van der Waals surface area contributed by atoms with Crippen molar-refractivity contribution in [2.75, 3.05) is 0 Å². The Labute approximate surface area is 137 Å². The molecule has 1 N–H and O–H groups in total. The lowest BCUT2D eigenvalue weighted by atomic mass is 10.2. The fourth-order valence-electron chi connectivity index (χ4n) is 1.94. The minimum absolute atomic E-state index is 0.0946. The third kappa shape index (κ3) is 3.90. The lowest BCUT2D eigenvalue weighted by Crippen LogP contribution is -2.20. The molecule has 3 heterocycles. The van der Waals surface area contributed by atoms with E-state index in [1.165, 1.54) is 0 Å². The van der Waals surface area contributed by atoms with Gasteiger partial charge in [-0.15, -0.1) is 22.7 Å². The minimum atomic E-state index is -0.0946. The van der Waals surface area contributed by atoms with Gasteiger partial charge in [0.15, 0.2) is 0 Å². The highest BCUT2D eigenvalue weighted by molar-refractivity contribution is 7.13. The summed E-state index contributed by atoms with van der Waals surface area (Å²) < 4.78 is 0. The molecule has 0 aliphatic rings. The molecular formula is C17H14N2OS2. The number of pyridine rings is 1. The first-order valence-corrected chi connectivity index (χ1v) is 8.55. The van der Waals surface area contributed by atoms with Gasteiger partial charge in [0.25, 0.3) is 0 Å². The van der Waals surface area contributed by atoms with Gasteiger partial charge in [0.05, 0.1) is 10.6 Å². The standard InChI is InChI=1S/C17H14N2OS2/c20-17(6-5-14-3-1-9-21-14)19-12-13-7-8-18-15(11-13)16-4-2-10-22-16/h1-11H,12H2,(H,19,20)/b6-5+. The Balaban J connectivity index is 1.59. The Kier molecular flexibility index (Phi) is 4.78. The van der Waals surface area contributed by atoms with Gasteiger partial charge in [-0.25, -0.2) is 0 Å². The lowest BCUT2D eigenvalue weighted by Gasteiger charge is -2.04. The maximum Gasteiger partial charge on any atom is 0.244 e. The van der Waals surface area contributed by atoms with E-state index in [0.717, 1.165) is 21.0 Å². The minimum Gasteiger partial charge on any atom is -0.348 e. The number of rotatable bonds is 5. The van der Waals surface area contributed by atoms with E-state index in [0.29, 0.717) is 6.54 Å². The summed E-state index contributed by atoms with van der Waals surface area (Å²) in [6, 6.07) is 11.9. The summed E-state index contributed by atoms with van der Waals surface area (Å²) in [6.45, 7) is 0.495. The molecule has 3 aromatic heterocycles. The molecule has 0 fully saturated rings. The van der Waals surface area contributed by atoms with Crippen LogP contribution in [-0.2, 0) is 11.3 Å². The quantitative estimate of drug-likeness (QED) is 0.714. The maximum atomic E-state index is 11.8. The monoisotopic (exact) mass is 326 g/mol. The van der Waals surface area contributed by atoms with Crippen LogP contribution in [0.1, 0.15) is 10.4 Å². The van der Waals surface area contributed by atoms with Gasteiger partial charge in [0.1, 0.15) is 0 Å². The van der Waals surface area contributed by atoms with Crippen molar-refractivity contribution in [2.24, 2.45) is 0 Å². The van der Waals surface area contributed by atoms with Crippen LogP contribution in [0.25, 0.3) is 16.6 Å². The molecule has 0 bridgehead atoms. The molecule has 0 atom stereocenters. The molecule has 0 aliphatic heterocycles. The van der Waals surface area contributed by atoms with Gasteiger partial charge in [-0.05, 0) is 46.7 Å². The summed E-state index contributed by atoms with van der Waals surface area (Å²) in [5.74, 6) is -0.0946.